The average molecular weight is 612 g/mol. The zero-order valence-corrected chi connectivity index (χ0v) is 28.8. The molecule has 0 rings (SSSR count). The maximum Gasteiger partial charge on any atom is 0.306 e. The first kappa shape index (κ1) is 41.4. The summed E-state index contributed by atoms with van der Waals surface area (Å²) >= 11 is 0. The lowest BCUT2D eigenvalue weighted by atomic mass is 10.1. The number of nitrogens with zero attached hydrogens (tertiary/aromatic N) is 1. The number of carbonyl (C=O) groups is 3. The van der Waals surface area contributed by atoms with Gasteiger partial charge in [0.1, 0.15) is 6.61 Å². The van der Waals surface area contributed by atoms with E-state index < -0.39 is 6.10 Å². The van der Waals surface area contributed by atoms with Crippen LogP contribution in [0.1, 0.15) is 175 Å². The highest BCUT2D eigenvalue weighted by Crippen LogP contribution is 2.14. The topological polar surface area (TPSA) is 82.1 Å². The minimum absolute atomic E-state index is 0.00338. The second kappa shape index (κ2) is 31.8. The molecule has 0 N–H and O–H groups in total. The summed E-state index contributed by atoms with van der Waals surface area (Å²) < 4.78 is 16.8. The Hall–Kier alpha value is -1.63. The van der Waals surface area contributed by atoms with E-state index in [2.05, 4.69) is 13.8 Å². The molecule has 0 aromatic heterocycles. The molecule has 0 aliphatic rings. The van der Waals surface area contributed by atoms with Crippen LogP contribution >= 0.6 is 0 Å². The van der Waals surface area contributed by atoms with Gasteiger partial charge in [0.25, 0.3) is 0 Å². The molecule has 0 aliphatic carbocycles. The maximum absolute atomic E-state index is 12.5. The lowest BCUT2D eigenvalue weighted by Gasteiger charge is -2.20. The molecule has 1 atom stereocenters. The summed E-state index contributed by atoms with van der Waals surface area (Å²) in [4.78, 5) is 37.8. The lowest BCUT2D eigenvalue weighted by Crippen LogP contribution is -2.32. The van der Waals surface area contributed by atoms with Crippen LogP contribution in [-0.2, 0) is 28.6 Å². The standard InChI is InChI=1S/C36H69NO6/c1-5-7-9-11-13-15-17-19-21-23-25-27-35(39)42-32-34(31-41-30-29-37(4)33(3)38)43-36(40)28-26-24-22-20-18-16-14-12-10-8-6-2/h34H,5-32H2,1-4H3. The fraction of sp³-hybridized carbons (Fsp3) is 0.917. The number of hydrogen-bond acceptors (Lipinski definition) is 6. The van der Waals surface area contributed by atoms with Crippen LogP contribution in [0.25, 0.3) is 0 Å². The van der Waals surface area contributed by atoms with Crippen molar-refractivity contribution in [2.75, 3.05) is 33.4 Å². The molecule has 0 fully saturated rings. The van der Waals surface area contributed by atoms with Crippen molar-refractivity contribution in [3.8, 4) is 0 Å². The number of rotatable bonds is 32. The molecule has 0 bridgehead atoms. The zero-order chi connectivity index (χ0) is 31.8. The summed E-state index contributed by atoms with van der Waals surface area (Å²) in [5.41, 5.74) is 0. The Kier molecular flexibility index (Phi) is 30.6. The highest BCUT2D eigenvalue weighted by Gasteiger charge is 2.18. The Morgan fingerprint density at radius 1 is 0.558 bits per heavy atom. The van der Waals surface area contributed by atoms with Crippen molar-refractivity contribution in [1.82, 2.24) is 4.90 Å². The van der Waals surface area contributed by atoms with Crippen LogP contribution in [0.4, 0.5) is 0 Å². The van der Waals surface area contributed by atoms with Crippen LogP contribution in [0, 0.1) is 0 Å². The van der Waals surface area contributed by atoms with Gasteiger partial charge in [0.2, 0.25) is 5.91 Å². The third-order valence-electron chi connectivity index (χ3n) is 8.11. The predicted molar refractivity (Wildman–Crippen MR) is 177 cm³/mol. The lowest BCUT2D eigenvalue weighted by molar-refractivity contribution is -0.163. The SMILES string of the molecule is CCCCCCCCCCCCCC(=O)OCC(COCCN(C)C(C)=O)OC(=O)CCCCCCCCCCCCC. The van der Waals surface area contributed by atoms with Crippen LogP contribution in [-0.4, -0.2) is 62.3 Å². The number of unbranched alkanes of at least 4 members (excludes halogenated alkanes) is 20. The average Bonchev–Trinajstić information content (AvgIpc) is 2.99. The maximum atomic E-state index is 12.5. The number of ether oxygens (including phenoxy) is 3. The molecule has 0 saturated heterocycles. The Balaban J connectivity index is 4.17. The van der Waals surface area contributed by atoms with Crippen LogP contribution in [0.3, 0.4) is 0 Å². The van der Waals surface area contributed by atoms with Crippen molar-refractivity contribution in [3.05, 3.63) is 0 Å². The molecule has 0 aromatic rings. The van der Waals surface area contributed by atoms with E-state index in [9.17, 15) is 14.4 Å². The van der Waals surface area contributed by atoms with E-state index in [-0.39, 0.29) is 31.1 Å². The molecule has 1 amide bonds. The summed E-state index contributed by atoms with van der Waals surface area (Å²) in [7, 11) is 1.72. The Morgan fingerprint density at radius 2 is 0.953 bits per heavy atom. The molecule has 0 spiro atoms. The first-order valence-corrected chi connectivity index (χ1v) is 18.0. The fourth-order valence-corrected chi connectivity index (χ4v) is 5.06. The van der Waals surface area contributed by atoms with E-state index in [0.717, 1.165) is 38.5 Å². The van der Waals surface area contributed by atoms with E-state index in [1.54, 1.807) is 11.9 Å². The summed E-state index contributed by atoms with van der Waals surface area (Å²) in [6.45, 7) is 6.93. The first-order valence-electron chi connectivity index (χ1n) is 18.0. The quantitative estimate of drug-likeness (QED) is 0.0557. The van der Waals surface area contributed by atoms with Crippen LogP contribution in [0.5, 0.6) is 0 Å². The summed E-state index contributed by atoms with van der Waals surface area (Å²) in [5, 5.41) is 0. The van der Waals surface area contributed by atoms with Crippen LogP contribution in [0.2, 0.25) is 0 Å². The number of esters is 2. The minimum atomic E-state index is -0.635. The van der Waals surface area contributed by atoms with Gasteiger partial charge in [-0.1, -0.05) is 142 Å². The molecule has 0 heterocycles. The molecule has 7 heteroatoms. The molecule has 43 heavy (non-hydrogen) atoms. The van der Waals surface area contributed by atoms with Gasteiger partial charge in [-0.2, -0.15) is 0 Å². The molecular formula is C36H69NO6. The van der Waals surface area contributed by atoms with E-state index in [1.807, 2.05) is 0 Å². The monoisotopic (exact) mass is 612 g/mol. The molecule has 0 saturated carbocycles. The minimum Gasteiger partial charge on any atom is -0.462 e. The highest BCUT2D eigenvalue weighted by atomic mass is 16.6. The molecule has 1 unspecified atom stereocenters. The van der Waals surface area contributed by atoms with Crippen molar-refractivity contribution in [2.45, 2.75) is 181 Å². The number of hydrogen-bond donors (Lipinski definition) is 0. The highest BCUT2D eigenvalue weighted by molar-refractivity contribution is 5.72. The second-order valence-electron chi connectivity index (χ2n) is 12.4. The molecule has 0 radical (unpaired) electrons. The van der Waals surface area contributed by atoms with Gasteiger partial charge in [-0.25, -0.2) is 0 Å². The van der Waals surface area contributed by atoms with E-state index in [4.69, 9.17) is 14.2 Å². The van der Waals surface area contributed by atoms with Gasteiger partial charge in [-0.05, 0) is 12.8 Å². The Morgan fingerprint density at radius 3 is 1.37 bits per heavy atom. The molecule has 254 valence electrons. The van der Waals surface area contributed by atoms with Gasteiger partial charge in [-0.15, -0.1) is 0 Å². The van der Waals surface area contributed by atoms with Crippen molar-refractivity contribution in [1.29, 1.82) is 0 Å². The van der Waals surface area contributed by atoms with E-state index in [0.29, 0.717) is 26.0 Å². The zero-order valence-electron chi connectivity index (χ0n) is 28.8. The molecule has 0 aromatic carbocycles. The number of amides is 1. The molecular weight excluding hydrogens is 542 g/mol. The second-order valence-corrected chi connectivity index (χ2v) is 12.4. The van der Waals surface area contributed by atoms with Gasteiger partial charge in [0, 0.05) is 33.4 Å². The van der Waals surface area contributed by atoms with Gasteiger partial charge in [-0.3, -0.25) is 14.4 Å². The van der Waals surface area contributed by atoms with Crippen molar-refractivity contribution in [2.24, 2.45) is 0 Å². The van der Waals surface area contributed by atoms with Crippen molar-refractivity contribution >= 4 is 17.8 Å². The number of carbonyl (C=O) groups excluding carboxylic acids is 3. The van der Waals surface area contributed by atoms with E-state index >= 15 is 0 Å². The third kappa shape index (κ3) is 30.2. The van der Waals surface area contributed by atoms with Gasteiger partial charge in [0.05, 0.1) is 13.2 Å². The first-order chi connectivity index (χ1) is 20.9. The third-order valence-corrected chi connectivity index (χ3v) is 8.11. The molecule has 7 nitrogen and oxygen atoms in total. The smallest absolute Gasteiger partial charge is 0.306 e. The van der Waals surface area contributed by atoms with Crippen LogP contribution in [0.15, 0.2) is 0 Å². The fourth-order valence-electron chi connectivity index (χ4n) is 5.06. The predicted octanol–water partition coefficient (Wildman–Crippen LogP) is 9.34. The van der Waals surface area contributed by atoms with Crippen molar-refractivity contribution < 1.29 is 28.6 Å². The largest absolute Gasteiger partial charge is 0.462 e. The van der Waals surface area contributed by atoms with Crippen molar-refractivity contribution in [3.63, 3.8) is 0 Å². The normalized spacial score (nSPS) is 11.8. The molecule has 0 aliphatic heterocycles. The van der Waals surface area contributed by atoms with Crippen LogP contribution < -0.4 is 0 Å². The van der Waals surface area contributed by atoms with Gasteiger partial charge in [0.15, 0.2) is 6.10 Å². The van der Waals surface area contributed by atoms with E-state index in [1.165, 1.54) is 110 Å². The van der Waals surface area contributed by atoms with Gasteiger partial charge >= 0.3 is 11.9 Å². The Bertz CT molecular complexity index is 656. The summed E-state index contributed by atoms with van der Waals surface area (Å²) in [5.74, 6) is -0.555. The number of likely N-dealkylation sites (N-methyl/N-ethyl adjacent to an activating group) is 1. The summed E-state index contributed by atoms with van der Waals surface area (Å²) in [6.07, 6.45) is 27.2. The van der Waals surface area contributed by atoms with Gasteiger partial charge < -0.3 is 19.1 Å². The summed E-state index contributed by atoms with van der Waals surface area (Å²) in [6, 6.07) is 0. The Labute approximate surface area is 265 Å².